The monoisotopic (exact) mass is 325 g/mol. The number of halogens is 2. The lowest BCUT2D eigenvalue weighted by molar-refractivity contribution is -0.134. The number of hydrogen-bond donors (Lipinski definition) is 0. The fraction of sp³-hybridized carbons (Fsp3) is 0.267. The Morgan fingerprint density at radius 3 is 3.10 bits per heavy atom. The van der Waals surface area contributed by atoms with E-state index in [1.54, 1.807) is 16.2 Å². The van der Waals surface area contributed by atoms with E-state index in [4.69, 9.17) is 16.3 Å². The van der Waals surface area contributed by atoms with Gasteiger partial charge in [0.15, 0.2) is 6.61 Å². The molecule has 1 aromatic carbocycles. The number of nitrogens with zero attached hydrogens (tertiary/aromatic N) is 1. The van der Waals surface area contributed by atoms with E-state index in [9.17, 15) is 9.18 Å². The Morgan fingerprint density at radius 2 is 2.29 bits per heavy atom. The van der Waals surface area contributed by atoms with Crippen molar-refractivity contribution in [3.63, 3.8) is 0 Å². The molecule has 1 aliphatic heterocycles. The van der Waals surface area contributed by atoms with E-state index in [2.05, 4.69) is 11.4 Å². The van der Waals surface area contributed by atoms with Gasteiger partial charge < -0.3 is 9.64 Å². The first-order valence-corrected chi connectivity index (χ1v) is 7.80. The Balaban J connectivity index is 1.58. The quantitative estimate of drug-likeness (QED) is 0.864. The minimum atomic E-state index is -0.503. The Kier molecular flexibility index (Phi) is 4.12. The van der Waals surface area contributed by atoms with Gasteiger partial charge in [0.05, 0.1) is 5.02 Å². The van der Waals surface area contributed by atoms with Gasteiger partial charge in [0.25, 0.3) is 5.91 Å². The van der Waals surface area contributed by atoms with Crippen LogP contribution in [0.1, 0.15) is 10.4 Å². The summed E-state index contributed by atoms with van der Waals surface area (Å²) >= 11 is 7.41. The molecule has 0 bridgehead atoms. The number of rotatable bonds is 3. The van der Waals surface area contributed by atoms with Crippen LogP contribution in [0, 0.1) is 5.82 Å². The van der Waals surface area contributed by atoms with E-state index in [0.29, 0.717) is 18.8 Å². The number of amides is 1. The third-order valence-corrected chi connectivity index (χ3v) is 4.73. The average Bonchev–Trinajstić information content (AvgIpc) is 2.95. The van der Waals surface area contributed by atoms with Crippen LogP contribution >= 0.6 is 22.9 Å². The summed E-state index contributed by atoms with van der Waals surface area (Å²) in [5, 5.41) is 2.04. The van der Waals surface area contributed by atoms with Gasteiger partial charge in [-0.25, -0.2) is 4.39 Å². The van der Waals surface area contributed by atoms with Crippen LogP contribution in [0.25, 0.3) is 0 Å². The number of benzene rings is 1. The highest BCUT2D eigenvalue weighted by Gasteiger charge is 2.21. The van der Waals surface area contributed by atoms with E-state index < -0.39 is 5.82 Å². The van der Waals surface area contributed by atoms with Crippen molar-refractivity contribution < 1.29 is 13.9 Å². The van der Waals surface area contributed by atoms with Gasteiger partial charge in [-0.2, -0.15) is 0 Å². The highest BCUT2D eigenvalue weighted by atomic mass is 35.5. The summed E-state index contributed by atoms with van der Waals surface area (Å²) < 4.78 is 18.4. The molecule has 3 rings (SSSR count). The second-order valence-electron chi connectivity index (χ2n) is 4.80. The molecule has 0 saturated carbocycles. The Morgan fingerprint density at radius 1 is 1.43 bits per heavy atom. The molecule has 21 heavy (non-hydrogen) atoms. The molecule has 3 nitrogen and oxygen atoms in total. The van der Waals surface area contributed by atoms with Gasteiger partial charge in [0, 0.05) is 24.0 Å². The third-order valence-electron chi connectivity index (χ3n) is 3.41. The SMILES string of the molecule is O=C(COc1ccc(F)c(Cl)c1)N1CCc2sccc2C1. The predicted molar refractivity (Wildman–Crippen MR) is 80.3 cm³/mol. The van der Waals surface area contributed by atoms with Crippen LogP contribution < -0.4 is 4.74 Å². The fourth-order valence-electron chi connectivity index (χ4n) is 2.26. The van der Waals surface area contributed by atoms with Crippen LogP contribution in [0.4, 0.5) is 4.39 Å². The molecule has 0 radical (unpaired) electrons. The van der Waals surface area contributed by atoms with Gasteiger partial charge in [0.1, 0.15) is 11.6 Å². The number of fused-ring (bicyclic) bond motifs is 1. The third kappa shape index (κ3) is 3.19. The highest BCUT2D eigenvalue weighted by Crippen LogP contribution is 2.24. The zero-order valence-corrected chi connectivity index (χ0v) is 12.7. The molecular formula is C15H13ClFNO2S. The summed E-state index contributed by atoms with van der Waals surface area (Å²) in [5.41, 5.74) is 1.21. The van der Waals surface area contributed by atoms with E-state index in [1.165, 1.54) is 28.6 Å². The van der Waals surface area contributed by atoms with Gasteiger partial charge in [-0.3, -0.25) is 4.79 Å². The molecule has 0 unspecified atom stereocenters. The van der Waals surface area contributed by atoms with Crippen LogP contribution in [0.5, 0.6) is 5.75 Å². The average molecular weight is 326 g/mol. The molecule has 0 atom stereocenters. The van der Waals surface area contributed by atoms with Gasteiger partial charge in [-0.15, -0.1) is 11.3 Å². The van der Waals surface area contributed by atoms with Crippen LogP contribution in [-0.4, -0.2) is 24.0 Å². The normalized spacial score (nSPS) is 13.9. The molecule has 1 amide bonds. The molecule has 6 heteroatoms. The first-order valence-electron chi connectivity index (χ1n) is 6.54. The van der Waals surface area contributed by atoms with E-state index in [0.717, 1.165) is 6.42 Å². The summed E-state index contributed by atoms with van der Waals surface area (Å²) in [7, 11) is 0. The molecule has 0 N–H and O–H groups in total. The second-order valence-corrected chi connectivity index (χ2v) is 6.21. The fourth-order valence-corrected chi connectivity index (χ4v) is 3.32. The molecule has 1 aliphatic rings. The summed E-state index contributed by atoms with van der Waals surface area (Å²) in [5.74, 6) is -0.188. The van der Waals surface area contributed by atoms with Crippen molar-refractivity contribution in [2.75, 3.05) is 13.2 Å². The molecule has 1 aromatic heterocycles. The van der Waals surface area contributed by atoms with Crippen LogP contribution in [0.2, 0.25) is 5.02 Å². The van der Waals surface area contributed by atoms with Crippen molar-refractivity contribution in [1.82, 2.24) is 4.90 Å². The maximum absolute atomic E-state index is 13.0. The maximum Gasteiger partial charge on any atom is 0.260 e. The summed E-state index contributed by atoms with van der Waals surface area (Å²) in [6.07, 6.45) is 0.890. The van der Waals surface area contributed by atoms with Gasteiger partial charge in [-0.05, 0) is 35.6 Å². The maximum atomic E-state index is 13.0. The predicted octanol–water partition coefficient (Wildman–Crippen LogP) is 3.50. The lowest BCUT2D eigenvalue weighted by atomic mass is 10.1. The first kappa shape index (κ1) is 14.4. The first-order chi connectivity index (χ1) is 10.1. The molecule has 2 aromatic rings. The van der Waals surface area contributed by atoms with Crippen molar-refractivity contribution >= 4 is 28.8 Å². The highest BCUT2D eigenvalue weighted by molar-refractivity contribution is 7.10. The zero-order valence-electron chi connectivity index (χ0n) is 11.1. The zero-order chi connectivity index (χ0) is 14.8. The van der Waals surface area contributed by atoms with Gasteiger partial charge >= 0.3 is 0 Å². The molecular weight excluding hydrogens is 313 g/mol. The Labute approximate surface area is 130 Å². The molecule has 2 heterocycles. The van der Waals surface area contributed by atoms with Crippen molar-refractivity contribution in [1.29, 1.82) is 0 Å². The number of carbonyl (C=O) groups is 1. The van der Waals surface area contributed by atoms with Crippen LogP contribution in [-0.2, 0) is 17.8 Å². The van der Waals surface area contributed by atoms with Crippen LogP contribution in [0.3, 0.4) is 0 Å². The van der Waals surface area contributed by atoms with Crippen molar-refractivity contribution in [2.45, 2.75) is 13.0 Å². The molecule has 0 fully saturated rings. The van der Waals surface area contributed by atoms with Crippen molar-refractivity contribution in [2.24, 2.45) is 0 Å². The number of thiophene rings is 1. The minimum Gasteiger partial charge on any atom is -0.484 e. The van der Waals surface area contributed by atoms with Gasteiger partial charge in [-0.1, -0.05) is 11.6 Å². The molecule has 110 valence electrons. The minimum absolute atomic E-state index is 0.0131. The summed E-state index contributed by atoms with van der Waals surface area (Å²) in [6, 6.07) is 6.11. The molecule has 0 saturated heterocycles. The van der Waals surface area contributed by atoms with E-state index >= 15 is 0 Å². The van der Waals surface area contributed by atoms with E-state index in [1.807, 2.05) is 0 Å². The second kappa shape index (κ2) is 6.03. The lowest BCUT2D eigenvalue weighted by Gasteiger charge is -2.27. The summed E-state index contributed by atoms with van der Waals surface area (Å²) in [6.45, 7) is 1.27. The van der Waals surface area contributed by atoms with E-state index in [-0.39, 0.29) is 17.5 Å². The largest absolute Gasteiger partial charge is 0.484 e. The standard InChI is InChI=1S/C15H13ClFNO2S/c16-12-7-11(1-2-13(12)17)20-9-15(19)18-5-3-14-10(8-18)4-6-21-14/h1-2,4,6-7H,3,5,8-9H2. The molecule has 0 spiro atoms. The van der Waals surface area contributed by atoms with Crippen molar-refractivity contribution in [3.8, 4) is 5.75 Å². The smallest absolute Gasteiger partial charge is 0.260 e. The topological polar surface area (TPSA) is 29.5 Å². The Hall–Kier alpha value is -1.59. The number of ether oxygens (including phenoxy) is 1. The number of hydrogen-bond acceptors (Lipinski definition) is 3. The Bertz CT molecular complexity index is 673. The van der Waals surface area contributed by atoms with Gasteiger partial charge in [0.2, 0.25) is 0 Å². The molecule has 0 aliphatic carbocycles. The summed E-state index contributed by atoms with van der Waals surface area (Å²) in [4.78, 5) is 15.3. The van der Waals surface area contributed by atoms with Crippen LogP contribution in [0.15, 0.2) is 29.6 Å². The van der Waals surface area contributed by atoms with Crippen molar-refractivity contribution in [3.05, 3.63) is 50.9 Å². The number of carbonyl (C=O) groups excluding carboxylic acids is 1. The lowest BCUT2D eigenvalue weighted by Crippen LogP contribution is -2.38.